The Bertz CT molecular complexity index is 1560. The van der Waals surface area contributed by atoms with Gasteiger partial charge in [-0.25, -0.2) is 18.6 Å². The zero-order valence-corrected chi connectivity index (χ0v) is 25.3. The Morgan fingerprint density at radius 3 is 2.42 bits per heavy atom. The Balaban J connectivity index is 1.86. The third-order valence-corrected chi connectivity index (χ3v) is 6.59. The summed E-state index contributed by atoms with van der Waals surface area (Å²) >= 11 is 0. The van der Waals surface area contributed by atoms with Crippen molar-refractivity contribution in [2.75, 3.05) is 33.5 Å². The van der Waals surface area contributed by atoms with Gasteiger partial charge in [0.1, 0.15) is 11.5 Å². The summed E-state index contributed by atoms with van der Waals surface area (Å²) in [6.45, 7) is 4.53. The number of benzene rings is 1. The first-order chi connectivity index (χ1) is 20.3. The lowest BCUT2D eigenvalue weighted by molar-refractivity contribution is -0.125. The van der Waals surface area contributed by atoms with E-state index < -0.39 is 35.3 Å². The highest BCUT2D eigenvalue weighted by Crippen LogP contribution is 2.22. The summed E-state index contributed by atoms with van der Waals surface area (Å²) in [5, 5.41) is 2.55. The number of aromatic nitrogens is 3. The number of pyridine rings is 1. The Morgan fingerprint density at radius 1 is 1.07 bits per heavy atom. The lowest BCUT2D eigenvalue weighted by Crippen LogP contribution is -2.37. The minimum Gasteiger partial charge on any atom is -0.436 e. The number of carbonyl (C=O) groups is 3. The van der Waals surface area contributed by atoms with E-state index in [1.807, 2.05) is 13.8 Å². The van der Waals surface area contributed by atoms with Crippen LogP contribution in [0, 0.1) is 17.6 Å². The number of rotatable bonds is 12. The Kier molecular flexibility index (Phi) is 11.2. The van der Waals surface area contributed by atoms with Crippen LogP contribution in [0.1, 0.15) is 38.9 Å². The molecule has 1 unspecified atom stereocenters. The molecule has 0 saturated carbocycles. The Hall–Kier alpha value is -4.55. The van der Waals surface area contributed by atoms with E-state index in [9.17, 15) is 28.0 Å². The number of ether oxygens (including phenoxy) is 1. The standard InChI is InChI=1S/C30H38F2N6O5/c1-19(2)13-15-38-24-17-21(32)20(31)16-23(24)33-26(38)18-37-14-9-10-22(29(37)41)34-28(40)25(43-30(42)36(5)6)11-7-8-12-27(39)35(3)4/h8-10,12,14,16-17,19,25H,7,11,13,15,18H2,1-6H3,(H,34,40). The highest BCUT2D eigenvalue weighted by molar-refractivity contribution is 5.95. The van der Waals surface area contributed by atoms with Gasteiger partial charge in [-0.05, 0) is 43.4 Å². The van der Waals surface area contributed by atoms with E-state index in [1.165, 1.54) is 46.8 Å². The Labute approximate surface area is 248 Å². The molecule has 2 heterocycles. The van der Waals surface area contributed by atoms with Gasteiger partial charge in [-0.2, -0.15) is 0 Å². The van der Waals surface area contributed by atoms with E-state index in [-0.39, 0.29) is 36.5 Å². The molecular weight excluding hydrogens is 562 g/mol. The highest BCUT2D eigenvalue weighted by Gasteiger charge is 2.25. The lowest BCUT2D eigenvalue weighted by atomic mass is 10.1. The number of halogens is 2. The molecule has 0 spiro atoms. The van der Waals surface area contributed by atoms with Gasteiger partial charge in [-0.15, -0.1) is 0 Å². The maximum absolute atomic E-state index is 14.1. The van der Waals surface area contributed by atoms with Gasteiger partial charge >= 0.3 is 6.09 Å². The molecule has 0 saturated heterocycles. The van der Waals surface area contributed by atoms with Crippen molar-refractivity contribution in [3.8, 4) is 0 Å². The van der Waals surface area contributed by atoms with Gasteiger partial charge < -0.3 is 29.0 Å². The molecule has 0 fully saturated rings. The fourth-order valence-electron chi connectivity index (χ4n) is 4.10. The predicted molar refractivity (Wildman–Crippen MR) is 159 cm³/mol. The van der Waals surface area contributed by atoms with E-state index in [2.05, 4.69) is 10.3 Å². The lowest BCUT2D eigenvalue weighted by Gasteiger charge is -2.20. The monoisotopic (exact) mass is 600 g/mol. The van der Waals surface area contributed by atoms with Crippen LogP contribution in [-0.2, 0) is 27.4 Å². The molecule has 0 aliphatic carbocycles. The number of amides is 3. The number of nitrogens with one attached hydrogen (secondary N) is 1. The van der Waals surface area contributed by atoms with Crippen LogP contribution < -0.4 is 10.9 Å². The average molecular weight is 601 g/mol. The van der Waals surface area contributed by atoms with Gasteiger partial charge in [0, 0.05) is 53.1 Å². The average Bonchev–Trinajstić information content (AvgIpc) is 3.26. The topological polar surface area (TPSA) is 119 Å². The van der Waals surface area contributed by atoms with E-state index in [4.69, 9.17) is 4.74 Å². The number of aryl methyl sites for hydroxylation is 1. The summed E-state index contributed by atoms with van der Waals surface area (Å²) in [6.07, 6.45) is 3.52. The number of hydrogen-bond donors (Lipinski definition) is 1. The first-order valence-corrected chi connectivity index (χ1v) is 13.9. The largest absolute Gasteiger partial charge is 0.436 e. The Morgan fingerprint density at radius 2 is 1.77 bits per heavy atom. The summed E-state index contributed by atoms with van der Waals surface area (Å²) in [7, 11) is 6.16. The highest BCUT2D eigenvalue weighted by atomic mass is 19.2. The zero-order valence-electron chi connectivity index (χ0n) is 25.3. The molecule has 11 nitrogen and oxygen atoms in total. The summed E-state index contributed by atoms with van der Waals surface area (Å²) in [6, 6.07) is 5.11. The van der Waals surface area contributed by atoms with Crippen molar-refractivity contribution in [1.29, 1.82) is 0 Å². The molecule has 1 N–H and O–H groups in total. The molecule has 3 aromatic rings. The molecule has 1 atom stereocenters. The van der Waals surface area contributed by atoms with Crippen molar-refractivity contribution in [2.45, 2.75) is 52.3 Å². The minimum absolute atomic E-state index is 0.0255. The van der Waals surface area contributed by atoms with Crippen LogP contribution in [0.15, 0.2) is 47.4 Å². The second-order valence-corrected chi connectivity index (χ2v) is 10.9. The normalized spacial score (nSPS) is 12.1. The van der Waals surface area contributed by atoms with Gasteiger partial charge in [-0.1, -0.05) is 19.9 Å². The number of nitrogens with zero attached hydrogens (tertiary/aromatic N) is 5. The molecule has 232 valence electrons. The third kappa shape index (κ3) is 8.72. The third-order valence-electron chi connectivity index (χ3n) is 6.59. The van der Waals surface area contributed by atoms with Crippen LogP contribution in [-0.4, -0.2) is 76.1 Å². The van der Waals surface area contributed by atoms with E-state index in [0.29, 0.717) is 23.8 Å². The zero-order chi connectivity index (χ0) is 31.8. The van der Waals surface area contributed by atoms with Crippen molar-refractivity contribution in [1.82, 2.24) is 23.9 Å². The number of allylic oxidation sites excluding steroid dienone is 1. The number of fused-ring (bicyclic) bond motifs is 1. The summed E-state index contributed by atoms with van der Waals surface area (Å²) in [4.78, 5) is 57.6. The summed E-state index contributed by atoms with van der Waals surface area (Å²) < 4.78 is 36.5. The fourth-order valence-corrected chi connectivity index (χ4v) is 4.10. The van der Waals surface area contributed by atoms with E-state index in [0.717, 1.165) is 18.6 Å². The van der Waals surface area contributed by atoms with Gasteiger partial charge in [0.15, 0.2) is 17.7 Å². The summed E-state index contributed by atoms with van der Waals surface area (Å²) in [5.74, 6) is -2.20. The molecule has 3 rings (SSSR count). The fraction of sp³-hybridized carbons (Fsp3) is 0.433. The predicted octanol–water partition coefficient (Wildman–Crippen LogP) is 4.00. The SMILES string of the molecule is CC(C)CCn1c(Cn2cccc(NC(=O)C(CCC=CC(=O)N(C)C)OC(=O)N(C)C)c2=O)nc2cc(F)c(F)cc21. The maximum atomic E-state index is 14.1. The van der Waals surface area contributed by atoms with Gasteiger partial charge in [0.25, 0.3) is 11.5 Å². The van der Waals surface area contributed by atoms with Crippen LogP contribution in [0.2, 0.25) is 0 Å². The smallest absolute Gasteiger partial charge is 0.410 e. The van der Waals surface area contributed by atoms with Crippen LogP contribution in [0.25, 0.3) is 11.0 Å². The van der Waals surface area contributed by atoms with Crippen LogP contribution in [0.3, 0.4) is 0 Å². The second kappa shape index (κ2) is 14.6. The van der Waals surface area contributed by atoms with E-state index in [1.54, 1.807) is 30.8 Å². The molecule has 0 aliphatic heterocycles. The number of likely N-dealkylation sites (N-methyl/N-ethyl adjacent to an activating group) is 1. The molecule has 0 radical (unpaired) electrons. The van der Waals surface area contributed by atoms with Crippen molar-refractivity contribution in [3.05, 3.63) is 70.4 Å². The van der Waals surface area contributed by atoms with Crippen molar-refractivity contribution >= 4 is 34.6 Å². The van der Waals surface area contributed by atoms with E-state index >= 15 is 0 Å². The number of carbonyl (C=O) groups excluding carboxylic acids is 3. The van der Waals surface area contributed by atoms with Crippen LogP contribution >= 0.6 is 0 Å². The van der Waals surface area contributed by atoms with Gasteiger partial charge in [0.05, 0.1) is 17.6 Å². The second-order valence-electron chi connectivity index (χ2n) is 10.9. The first-order valence-electron chi connectivity index (χ1n) is 13.9. The minimum atomic E-state index is -1.24. The number of hydrogen-bond acceptors (Lipinski definition) is 6. The summed E-state index contributed by atoms with van der Waals surface area (Å²) in [5.41, 5.74) is 0.0736. The van der Waals surface area contributed by atoms with Gasteiger partial charge in [0.2, 0.25) is 5.91 Å². The van der Waals surface area contributed by atoms with Crippen molar-refractivity contribution in [3.63, 3.8) is 0 Å². The number of imidazole rings is 1. The molecular formula is C30H38F2N6O5. The molecule has 3 amide bonds. The number of anilines is 1. The molecule has 0 bridgehead atoms. The maximum Gasteiger partial charge on any atom is 0.410 e. The quantitative estimate of drug-likeness (QED) is 0.314. The molecule has 2 aromatic heterocycles. The van der Waals surface area contributed by atoms with Crippen LogP contribution in [0.4, 0.5) is 19.3 Å². The molecule has 0 aliphatic rings. The molecule has 1 aromatic carbocycles. The van der Waals surface area contributed by atoms with Crippen LogP contribution in [0.5, 0.6) is 0 Å². The van der Waals surface area contributed by atoms with Crippen molar-refractivity contribution < 1.29 is 27.9 Å². The van der Waals surface area contributed by atoms with Gasteiger partial charge in [-0.3, -0.25) is 14.4 Å². The van der Waals surface area contributed by atoms with Crippen molar-refractivity contribution in [2.24, 2.45) is 5.92 Å². The molecule has 43 heavy (non-hydrogen) atoms. The first kappa shape index (κ1) is 33.0. The molecule has 13 heteroatoms.